The third-order valence-electron chi connectivity index (χ3n) is 2.29. The molecule has 1 amide bonds. The van der Waals surface area contributed by atoms with Gasteiger partial charge >= 0.3 is 0 Å². The number of carbonyl (C=O) groups is 1. The minimum Gasteiger partial charge on any atom is -0.481 e. The van der Waals surface area contributed by atoms with Gasteiger partial charge in [-0.15, -0.1) is 0 Å². The molecule has 15 heavy (non-hydrogen) atoms. The van der Waals surface area contributed by atoms with Crippen molar-refractivity contribution in [1.82, 2.24) is 10.4 Å². The molecule has 2 heterocycles. The standard InChI is InChI=1S/C10H13N3O2/c1-15-10-5-4-8(7-11-10)13-6-2-3-9(14)12-13/h4-5,7H,2-3,6H2,1H3,(H,12,14). The van der Waals surface area contributed by atoms with Crippen molar-refractivity contribution in [2.24, 2.45) is 0 Å². The van der Waals surface area contributed by atoms with Gasteiger partial charge in [-0.2, -0.15) is 0 Å². The second-order valence-electron chi connectivity index (χ2n) is 3.35. The first-order valence-corrected chi connectivity index (χ1v) is 4.86. The normalized spacial score (nSPS) is 16.1. The van der Waals surface area contributed by atoms with Crippen molar-refractivity contribution in [2.45, 2.75) is 12.8 Å². The minimum absolute atomic E-state index is 0.0528. The van der Waals surface area contributed by atoms with Crippen molar-refractivity contribution in [3.05, 3.63) is 18.3 Å². The number of hydrogen-bond acceptors (Lipinski definition) is 4. The van der Waals surface area contributed by atoms with Crippen LogP contribution in [0.4, 0.5) is 5.69 Å². The monoisotopic (exact) mass is 207 g/mol. The summed E-state index contributed by atoms with van der Waals surface area (Å²) in [4.78, 5) is 15.3. The van der Waals surface area contributed by atoms with E-state index in [9.17, 15) is 4.79 Å². The van der Waals surface area contributed by atoms with Crippen molar-refractivity contribution >= 4 is 11.6 Å². The lowest BCUT2D eigenvalue weighted by Gasteiger charge is -2.28. The number of rotatable bonds is 2. The maximum atomic E-state index is 11.2. The van der Waals surface area contributed by atoms with Crippen LogP contribution < -0.4 is 15.2 Å². The number of hydrazine groups is 1. The second kappa shape index (κ2) is 4.16. The Morgan fingerprint density at radius 2 is 2.40 bits per heavy atom. The number of methoxy groups -OCH3 is 1. The lowest BCUT2D eigenvalue weighted by atomic mass is 10.2. The molecule has 1 aliphatic heterocycles. The molecule has 0 radical (unpaired) electrons. The first kappa shape index (κ1) is 9.76. The molecule has 80 valence electrons. The average molecular weight is 207 g/mol. The van der Waals surface area contributed by atoms with E-state index in [4.69, 9.17) is 4.74 Å². The van der Waals surface area contributed by atoms with Crippen LogP contribution in [0.15, 0.2) is 18.3 Å². The molecular formula is C10H13N3O2. The smallest absolute Gasteiger partial charge is 0.238 e. The van der Waals surface area contributed by atoms with Crippen LogP contribution in [0, 0.1) is 0 Å². The molecule has 0 saturated carbocycles. The van der Waals surface area contributed by atoms with Crippen molar-refractivity contribution in [1.29, 1.82) is 0 Å². The van der Waals surface area contributed by atoms with Gasteiger partial charge in [0.15, 0.2) is 0 Å². The summed E-state index contributed by atoms with van der Waals surface area (Å²) in [6, 6.07) is 3.65. The van der Waals surface area contributed by atoms with Crippen LogP contribution in [0.5, 0.6) is 5.88 Å². The van der Waals surface area contributed by atoms with Gasteiger partial charge < -0.3 is 4.74 Å². The van der Waals surface area contributed by atoms with Crippen LogP contribution >= 0.6 is 0 Å². The van der Waals surface area contributed by atoms with Gasteiger partial charge in [0.1, 0.15) is 0 Å². The molecule has 2 rings (SSSR count). The van der Waals surface area contributed by atoms with Crippen molar-refractivity contribution in [3.63, 3.8) is 0 Å². The number of pyridine rings is 1. The van der Waals surface area contributed by atoms with Crippen LogP contribution in [0.2, 0.25) is 0 Å². The zero-order valence-corrected chi connectivity index (χ0v) is 8.56. The Balaban J connectivity index is 2.11. The van der Waals surface area contributed by atoms with Crippen LogP contribution in [0.25, 0.3) is 0 Å². The van der Waals surface area contributed by atoms with Crippen LogP contribution in [-0.4, -0.2) is 24.5 Å². The molecule has 1 aliphatic rings. The number of aromatic nitrogens is 1. The number of hydrogen-bond donors (Lipinski definition) is 1. The van der Waals surface area contributed by atoms with E-state index < -0.39 is 0 Å². The van der Waals surface area contributed by atoms with Crippen LogP contribution in [0.1, 0.15) is 12.8 Å². The Morgan fingerprint density at radius 3 is 3.00 bits per heavy atom. The Bertz CT molecular complexity index is 350. The molecule has 5 nitrogen and oxygen atoms in total. The maximum absolute atomic E-state index is 11.2. The summed E-state index contributed by atoms with van der Waals surface area (Å²) < 4.78 is 4.96. The largest absolute Gasteiger partial charge is 0.481 e. The fraction of sp³-hybridized carbons (Fsp3) is 0.400. The van der Waals surface area contributed by atoms with E-state index in [0.29, 0.717) is 12.3 Å². The van der Waals surface area contributed by atoms with E-state index in [1.165, 1.54) is 0 Å². The molecule has 1 saturated heterocycles. The molecule has 1 fully saturated rings. The zero-order chi connectivity index (χ0) is 10.7. The molecule has 0 aliphatic carbocycles. The lowest BCUT2D eigenvalue weighted by Crippen LogP contribution is -2.46. The number of carbonyl (C=O) groups excluding carboxylic acids is 1. The number of amides is 1. The molecule has 0 bridgehead atoms. The van der Waals surface area contributed by atoms with Gasteiger partial charge in [0, 0.05) is 19.0 Å². The summed E-state index contributed by atoms with van der Waals surface area (Å²) in [5.41, 5.74) is 3.66. The topological polar surface area (TPSA) is 54.5 Å². The van der Waals surface area contributed by atoms with Gasteiger partial charge in [-0.3, -0.25) is 15.2 Å². The summed E-state index contributed by atoms with van der Waals surface area (Å²) >= 11 is 0. The molecule has 1 aromatic heterocycles. The summed E-state index contributed by atoms with van der Waals surface area (Å²) in [6.07, 6.45) is 3.16. The maximum Gasteiger partial charge on any atom is 0.238 e. The van der Waals surface area contributed by atoms with E-state index in [-0.39, 0.29) is 5.91 Å². The molecule has 0 atom stereocenters. The Labute approximate surface area is 88.0 Å². The summed E-state index contributed by atoms with van der Waals surface area (Å²) in [6.45, 7) is 0.819. The van der Waals surface area contributed by atoms with Crippen molar-refractivity contribution in [3.8, 4) is 5.88 Å². The molecular weight excluding hydrogens is 194 g/mol. The first-order chi connectivity index (χ1) is 7.29. The third-order valence-corrected chi connectivity index (χ3v) is 2.29. The Morgan fingerprint density at radius 1 is 1.53 bits per heavy atom. The summed E-state index contributed by atoms with van der Waals surface area (Å²) in [7, 11) is 1.57. The highest BCUT2D eigenvalue weighted by Crippen LogP contribution is 2.16. The van der Waals surface area contributed by atoms with Gasteiger partial charge in [-0.25, -0.2) is 4.98 Å². The molecule has 0 spiro atoms. The average Bonchev–Trinajstić information content (AvgIpc) is 2.29. The van der Waals surface area contributed by atoms with Crippen molar-refractivity contribution in [2.75, 3.05) is 18.7 Å². The van der Waals surface area contributed by atoms with Gasteiger partial charge in [0.25, 0.3) is 0 Å². The fourth-order valence-corrected chi connectivity index (χ4v) is 1.51. The predicted molar refractivity (Wildman–Crippen MR) is 55.5 cm³/mol. The van der Waals surface area contributed by atoms with Crippen LogP contribution in [-0.2, 0) is 4.79 Å². The number of nitrogens with zero attached hydrogens (tertiary/aromatic N) is 2. The minimum atomic E-state index is 0.0528. The van der Waals surface area contributed by atoms with E-state index >= 15 is 0 Å². The van der Waals surface area contributed by atoms with Gasteiger partial charge in [0.05, 0.1) is 19.0 Å². The summed E-state index contributed by atoms with van der Waals surface area (Å²) in [5.74, 6) is 0.624. The highest BCUT2D eigenvalue weighted by atomic mass is 16.5. The van der Waals surface area contributed by atoms with E-state index in [0.717, 1.165) is 18.7 Å². The molecule has 5 heteroatoms. The number of nitrogens with one attached hydrogen (secondary N) is 1. The highest BCUT2D eigenvalue weighted by Gasteiger charge is 2.16. The van der Waals surface area contributed by atoms with Crippen molar-refractivity contribution < 1.29 is 9.53 Å². The summed E-state index contributed by atoms with van der Waals surface area (Å²) in [5, 5.41) is 1.80. The fourth-order valence-electron chi connectivity index (χ4n) is 1.51. The van der Waals surface area contributed by atoms with Gasteiger partial charge in [0.2, 0.25) is 11.8 Å². The SMILES string of the molecule is COc1ccc(N2CCCC(=O)N2)cn1. The van der Waals surface area contributed by atoms with Gasteiger partial charge in [-0.05, 0) is 12.5 Å². The number of ether oxygens (including phenoxy) is 1. The van der Waals surface area contributed by atoms with E-state index in [1.54, 1.807) is 24.4 Å². The third kappa shape index (κ3) is 2.18. The van der Waals surface area contributed by atoms with Crippen LogP contribution in [0.3, 0.4) is 0 Å². The first-order valence-electron chi connectivity index (χ1n) is 4.86. The molecule has 0 aromatic carbocycles. The molecule has 1 aromatic rings. The second-order valence-corrected chi connectivity index (χ2v) is 3.35. The zero-order valence-electron chi connectivity index (χ0n) is 8.56. The van der Waals surface area contributed by atoms with E-state index in [1.807, 2.05) is 6.07 Å². The Hall–Kier alpha value is -1.78. The Kier molecular flexibility index (Phi) is 2.71. The van der Waals surface area contributed by atoms with E-state index in [2.05, 4.69) is 10.4 Å². The predicted octanol–water partition coefficient (Wildman–Crippen LogP) is 0.722. The lowest BCUT2D eigenvalue weighted by molar-refractivity contribution is -0.122. The molecule has 1 N–H and O–H groups in total. The quantitative estimate of drug-likeness (QED) is 0.776. The highest BCUT2D eigenvalue weighted by molar-refractivity contribution is 5.79. The number of anilines is 1. The molecule has 0 unspecified atom stereocenters. The van der Waals surface area contributed by atoms with Gasteiger partial charge in [-0.1, -0.05) is 0 Å².